The lowest BCUT2D eigenvalue weighted by molar-refractivity contribution is -0.0366. The molecule has 2 unspecified atom stereocenters. The molecule has 0 aromatic rings. The zero-order valence-electron chi connectivity index (χ0n) is 13.3. The molecule has 2 nitrogen and oxygen atoms in total. The first-order valence-corrected chi connectivity index (χ1v) is 9.22. The lowest BCUT2D eigenvalue weighted by Crippen LogP contribution is -2.41. The van der Waals surface area contributed by atoms with Crippen molar-refractivity contribution in [1.29, 1.82) is 0 Å². The second kappa shape index (κ2) is 6.79. The van der Waals surface area contributed by atoms with E-state index < -0.39 is 0 Å². The third kappa shape index (κ3) is 3.39. The molecule has 0 radical (unpaired) electrons. The molecule has 0 aromatic heterocycles. The topological polar surface area (TPSA) is 21.3 Å². The Morgan fingerprint density at radius 2 is 1.75 bits per heavy atom. The average Bonchev–Trinajstić information content (AvgIpc) is 3.11. The van der Waals surface area contributed by atoms with Gasteiger partial charge in [-0.25, -0.2) is 0 Å². The van der Waals surface area contributed by atoms with Crippen molar-refractivity contribution in [3.8, 4) is 0 Å². The monoisotopic (exact) mass is 279 g/mol. The first-order valence-electron chi connectivity index (χ1n) is 9.22. The van der Waals surface area contributed by atoms with Gasteiger partial charge < -0.3 is 10.1 Å². The van der Waals surface area contributed by atoms with Crippen molar-refractivity contribution in [3.05, 3.63) is 0 Å². The quantitative estimate of drug-likeness (QED) is 0.804. The number of rotatable bonds is 5. The van der Waals surface area contributed by atoms with E-state index in [4.69, 9.17) is 4.74 Å². The molecule has 2 saturated carbocycles. The molecule has 0 amide bonds. The van der Waals surface area contributed by atoms with Gasteiger partial charge in [0.05, 0.1) is 11.7 Å². The van der Waals surface area contributed by atoms with Crippen LogP contribution in [0.1, 0.15) is 84.0 Å². The van der Waals surface area contributed by atoms with Crippen LogP contribution >= 0.6 is 0 Å². The van der Waals surface area contributed by atoms with Crippen LogP contribution in [0.3, 0.4) is 0 Å². The van der Waals surface area contributed by atoms with E-state index in [9.17, 15) is 0 Å². The molecule has 20 heavy (non-hydrogen) atoms. The molecule has 0 bridgehead atoms. The lowest BCUT2D eigenvalue weighted by atomic mass is 9.83. The molecule has 1 N–H and O–H groups in total. The molecule has 3 rings (SSSR count). The minimum atomic E-state index is 0.304. The van der Waals surface area contributed by atoms with Crippen molar-refractivity contribution in [2.24, 2.45) is 5.92 Å². The van der Waals surface area contributed by atoms with Crippen molar-refractivity contribution < 1.29 is 4.74 Å². The molecule has 3 aliphatic rings. The second-order valence-corrected chi connectivity index (χ2v) is 7.49. The fourth-order valence-corrected chi connectivity index (χ4v) is 4.89. The standard InChI is InChI=1S/C18H33NO/c1-2-17(15-8-4-3-5-9-15)19-14-16-10-13-18(20-16)11-6-7-12-18/h15-17,19H,2-14H2,1H3. The van der Waals surface area contributed by atoms with Gasteiger partial charge in [-0.3, -0.25) is 0 Å². The van der Waals surface area contributed by atoms with Gasteiger partial charge in [0.25, 0.3) is 0 Å². The van der Waals surface area contributed by atoms with E-state index in [-0.39, 0.29) is 0 Å². The first-order chi connectivity index (χ1) is 9.81. The molecule has 2 aliphatic carbocycles. The molecule has 1 heterocycles. The van der Waals surface area contributed by atoms with Crippen LogP contribution in [-0.4, -0.2) is 24.3 Å². The maximum absolute atomic E-state index is 6.43. The highest BCUT2D eigenvalue weighted by Gasteiger charge is 2.42. The predicted molar refractivity (Wildman–Crippen MR) is 84.0 cm³/mol. The zero-order valence-corrected chi connectivity index (χ0v) is 13.3. The normalized spacial score (nSPS) is 31.9. The summed E-state index contributed by atoms with van der Waals surface area (Å²) in [5.74, 6) is 0.926. The van der Waals surface area contributed by atoms with Crippen LogP contribution in [0, 0.1) is 5.92 Å². The van der Waals surface area contributed by atoms with Crippen LogP contribution in [0.4, 0.5) is 0 Å². The molecular formula is C18H33NO. The summed E-state index contributed by atoms with van der Waals surface area (Å²) in [5, 5.41) is 3.86. The highest BCUT2D eigenvalue weighted by molar-refractivity contribution is 4.93. The highest BCUT2D eigenvalue weighted by Crippen LogP contribution is 2.43. The summed E-state index contributed by atoms with van der Waals surface area (Å²) >= 11 is 0. The first kappa shape index (κ1) is 14.8. The summed E-state index contributed by atoms with van der Waals surface area (Å²) < 4.78 is 6.43. The van der Waals surface area contributed by atoms with E-state index in [1.54, 1.807) is 0 Å². The minimum Gasteiger partial charge on any atom is -0.370 e. The molecule has 2 atom stereocenters. The largest absolute Gasteiger partial charge is 0.370 e. The molecule has 0 aromatic carbocycles. The Hall–Kier alpha value is -0.0800. The van der Waals surface area contributed by atoms with E-state index in [0.717, 1.165) is 18.5 Å². The lowest BCUT2D eigenvalue weighted by Gasteiger charge is -2.31. The Kier molecular flexibility index (Phi) is 5.04. The number of ether oxygens (including phenoxy) is 1. The van der Waals surface area contributed by atoms with E-state index in [1.165, 1.54) is 77.0 Å². The van der Waals surface area contributed by atoms with Gasteiger partial charge in [-0.15, -0.1) is 0 Å². The Bertz CT molecular complexity index is 292. The van der Waals surface area contributed by atoms with Crippen LogP contribution in [0.25, 0.3) is 0 Å². The Balaban J connectivity index is 1.43. The number of hydrogen-bond donors (Lipinski definition) is 1. The molecule has 2 heteroatoms. The van der Waals surface area contributed by atoms with Crippen LogP contribution in [0.2, 0.25) is 0 Å². The maximum Gasteiger partial charge on any atom is 0.0708 e. The summed E-state index contributed by atoms with van der Waals surface area (Å²) in [5.41, 5.74) is 0.304. The SMILES string of the molecule is CCC(NCC1CCC2(CCCC2)O1)C1CCCCC1. The summed E-state index contributed by atoms with van der Waals surface area (Å²) in [7, 11) is 0. The van der Waals surface area contributed by atoms with Gasteiger partial charge in [-0.1, -0.05) is 39.0 Å². The molecule has 116 valence electrons. The van der Waals surface area contributed by atoms with Crippen LogP contribution in [-0.2, 0) is 4.74 Å². The third-order valence-electron chi connectivity index (χ3n) is 6.12. The molecule has 3 fully saturated rings. The van der Waals surface area contributed by atoms with Crippen molar-refractivity contribution >= 4 is 0 Å². The van der Waals surface area contributed by atoms with Crippen molar-refractivity contribution in [2.45, 2.75) is 102 Å². The Morgan fingerprint density at radius 1 is 1.00 bits per heavy atom. The number of nitrogens with one attached hydrogen (secondary N) is 1. The highest BCUT2D eigenvalue weighted by atomic mass is 16.5. The van der Waals surface area contributed by atoms with Crippen LogP contribution in [0.15, 0.2) is 0 Å². The van der Waals surface area contributed by atoms with Gasteiger partial charge in [0.2, 0.25) is 0 Å². The van der Waals surface area contributed by atoms with E-state index >= 15 is 0 Å². The van der Waals surface area contributed by atoms with Gasteiger partial charge in [0, 0.05) is 12.6 Å². The molecule has 1 spiro atoms. The number of hydrogen-bond acceptors (Lipinski definition) is 2. The smallest absolute Gasteiger partial charge is 0.0708 e. The van der Waals surface area contributed by atoms with E-state index in [2.05, 4.69) is 12.2 Å². The third-order valence-corrected chi connectivity index (χ3v) is 6.12. The van der Waals surface area contributed by atoms with Gasteiger partial charge >= 0.3 is 0 Å². The van der Waals surface area contributed by atoms with Gasteiger partial charge in [0.1, 0.15) is 0 Å². The van der Waals surface area contributed by atoms with E-state index in [1.807, 2.05) is 0 Å². The van der Waals surface area contributed by atoms with Gasteiger partial charge in [0.15, 0.2) is 0 Å². The van der Waals surface area contributed by atoms with Crippen molar-refractivity contribution in [2.75, 3.05) is 6.54 Å². The summed E-state index contributed by atoms with van der Waals surface area (Å²) in [6, 6.07) is 0.735. The predicted octanol–water partition coefficient (Wildman–Crippen LogP) is 4.43. The van der Waals surface area contributed by atoms with Gasteiger partial charge in [-0.2, -0.15) is 0 Å². The van der Waals surface area contributed by atoms with Crippen molar-refractivity contribution in [1.82, 2.24) is 5.32 Å². The fraction of sp³-hybridized carbons (Fsp3) is 1.00. The Morgan fingerprint density at radius 3 is 2.45 bits per heavy atom. The molecule has 1 saturated heterocycles. The summed E-state index contributed by atoms with van der Waals surface area (Å²) in [6.07, 6.45) is 17.1. The maximum atomic E-state index is 6.43. The molecular weight excluding hydrogens is 246 g/mol. The van der Waals surface area contributed by atoms with Crippen LogP contribution in [0.5, 0.6) is 0 Å². The summed E-state index contributed by atoms with van der Waals surface area (Å²) in [4.78, 5) is 0. The summed E-state index contributed by atoms with van der Waals surface area (Å²) in [6.45, 7) is 3.44. The zero-order chi connectivity index (χ0) is 13.8. The van der Waals surface area contributed by atoms with Crippen molar-refractivity contribution in [3.63, 3.8) is 0 Å². The minimum absolute atomic E-state index is 0.304. The average molecular weight is 279 g/mol. The van der Waals surface area contributed by atoms with Gasteiger partial charge in [-0.05, 0) is 50.9 Å². The molecule has 1 aliphatic heterocycles. The second-order valence-electron chi connectivity index (χ2n) is 7.49. The Labute approximate surface area is 125 Å². The fourth-order valence-electron chi connectivity index (χ4n) is 4.89. The van der Waals surface area contributed by atoms with Crippen LogP contribution < -0.4 is 5.32 Å². The van der Waals surface area contributed by atoms with E-state index in [0.29, 0.717) is 11.7 Å².